The van der Waals surface area contributed by atoms with Gasteiger partial charge in [0.1, 0.15) is 22.1 Å². The van der Waals surface area contributed by atoms with Crippen molar-refractivity contribution in [2.45, 2.75) is 32.3 Å². The number of hydrogen-bond acceptors (Lipinski definition) is 4. The standard InChI is InChI=1S/C10H12N2OS/c1-2-7-9(6-11)14-10(12-7)8-4-3-5-13-8/h8H,2-5H2,1H3. The van der Waals surface area contributed by atoms with Crippen LogP contribution in [0.5, 0.6) is 0 Å². The normalized spacial score (nSPS) is 21.0. The SMILES string of the molecule is CCc1nc(C2CCCO2)sc1C#N. The lowest BCUT2D eigenvalue weighted by Crippen LogP contribution is -1.94. The molecule has 2 heterocycles. The second-order valence-electron chi connectivity index (χ2n) is 3.29. The molecule has 0 aliphatic carbocycles. The van der Waals surface area contributed by atoms with E-state index in [-0.39, 0.29) is 6.10 Å². The zero-order chi connectivity index (χ0) is 9.97. The molecule has 1 atom stereocenters. The Labute approximate surface area is 87.3 Å². The van der Waals surface area contributed by atoms with Crippen molar-refractivity contribution in [1.29, 1.82) is 5.26 Å². The molecule has 1 aliphatic heterocycles. The highest BCUT2D eigenvalue weighted by Crippen LogP contribution is 2.32. The number of ether oxygens (including phenoxy) is 1. The summed E-state index contributed by atoms with van der Waals surface area (Å²) in [6.07, 6.45) is 3.12. The van der Waals surface area contributed by atoms with E-state index in [4.69, 9.17) is 10.00 Å². The molecule has 14 heavy (non-hydrogen) atoms. The maximum absolute atomic E-state index is 8.89. The predicted octanol–water partition coefficient (Wildman–Crippen LogP) is 2.43. The van der Waals surface area contributed by atoms with E-state index in [0.717, 1.165) is 41.4 Å². The number of rotatable bonds is 2. The first-order chi connectivity index (χ1) is 6.85. The molecule has 0 spiro atoms. The quantitative estimate of drug-likeness (QED) is 0.749. The van der Waals surface area contributed by atoms with Gasteiger partial charge in [-0.1, -0.05) is 6.92 Å². The maximum atomic E-state index is 8.89. The Kier molecular flexibility index (Phi) is 2.80. The van der Waals surface area contributed by atoms with E-state index in [1.165, 1.54) is 11.3 Å². The summed E-state index contributed by atoms with van der Waals surface area (Å²) in [4.78, 5) is 5.20. The molecule has 1 saturated heterocycles. The van der Waals surface area contributed by atoms with Crippen LogP contribution in [0, 0.1) is 11.3 Å². The van der Waals surface area contributed by atoms with Crippen molar-refractivity contribution in [3.8, 4) is 6.07 Å². The zero-order valence-corrected chi connectivity index (χ0v) is 8.93. The molecule has 0 N–H and O–H groups in total. The first kappa shape index (κ1) is 9.63. The second kappa shape index (κ2) is 4.07. The topological polar surface area (TPSA) is 45.9 Å². The van der Waals surface area contributed by atoms with E-state index in [1.54, 1.807) is 0 Å². The van der Waals surface area contributed by atoms with Crippen molar-refractivity contribution in [2.24, 2.45) is 0 Å². The van der Waals surface area contributed by atoms with Gasteiger partial charge in [0.25, 0.3) is 0 Å². The minimum atomic E-state index is 0.146. The third-order valence-electron chi connectivity index (χ3n) is 2.36. The fourth-order valence-corrected chi connectivity index (χ4v) is 2.64. The van der Waals surface area contributed by atoms with Crippen molar-refractivity contribution in [3.05, 3.63) is 15.6 Å². The first-order valence-corrected chi connectivity index (χ1v) is 5.68. The molecule has 1 aliphatic rings. The second-order valence-corrected chi connectivity index (χ2v) is 4.33. The molecule has 4 heteroatoms. The molecular weight excluding hydrogens is 196 g/mol. The number of aromatic nitrogens is 1. The summed E-state index contributed by atoms with van der Waals surface area (Å²) < 4.78 is 5.53. The van der Waals surface area contributed by atoms with E-state index in [2.05, 4.69) is 11.1 Å². The molecule has 2 rings (SSSR count). The Morgan fingerprint density at radius 3 is 3.07 bits per heavy atom. The van der Waals surface area contributed by atoms with E-state index in [0.29, 0.717) is 0 Å². The van der Waals surface area contributed by atoms with Crippen LogP contribution < -0.4 is 0 Å². The lowest BCUT2D eigenvalue weighted by Gasteiger charge is -2.02. The molecule has 3 nitrogen and oxygen atoms in total. The van der Waals surface area contributed by atoms with E-state index < -0.39 is 0 Å². The highest BCUT2D eigenvalue weighted by Gasteiger charge is 2.22. The molecule has 0 amide bonds. The van der Waals surface area contributed by atoms with Crippen molar-refractivity contribution >= 4 is 11.3 Å². The van der Waals surface area contributed by atoms with Crippen molar-refractivity contribution in [3.63, 3.8) is 0 Å². The fourth-order valence-electron chi connectivity index (χ4n) is 1.61. The van der Waals surface area contributed by atoms with Gasteiger partial charge in [-0.25, -0.2) is 4.98 Å². The van der Waals surface area contributed by atoms with Gasteiger partial charge >= 0.3 is 0 Å². The number of hydrogen-bond donors (Lipinski definition) is 0. The highest BCUT2D eigenvalue weighted by atomic mass is 32.1. The summed E-state index contributed by atoms with van der Waals surface area (Å²) in [5.74, 6) is 0. The lowest BCUT2D eigenvalue weighted by atomic mass is 10.2. The van der Waals surface area contributed by atoms with Crippen LogP contribution in [0.1, 0.15) is 41.4 Å². The van der Waals surface area contributed by atoms with Crippen LogP contribution in [0.3, 0.4) is 0 Å². The van der Waals surface area contributed by atoms with Gasteiger partial charge < -0.3 is 4.74 Å². The molecule has 0 aromatic carbocycles. The molecule has 0 saturated carbocycles. The molecule has 1 aromatic rings. The number of nitrogens with zero attached hydrogens (tertiary/aromatic N) is 2. The van der Waals surface area contributed by atoms with Gasteiger partial charge in [-0.05, 0) is 19.3 Å². The third kappa shape index (κ3) is 1.66. The van der Waals surface area contributed by atoms with Crippen LogP contribution in [0.15, 0.2) is 0 Å². The monoisotopic (exact) mass is 208 g/mol. The number of aryl methyl sites for hydroxylation is 1. The molecule has 0 bridgehead atoms. The Bertz CT molecular complexity index is 361. The zero-order valence-electron chi connectivity index (χ0n) is 8.12. The highest BCUT2D eigenvalue weighted by molar-refractivity contribution is 7.12. The van der Waals surface area contributed by atoms with Gasteiger partial charge in [0.05, 0.1) is 5.69 Å². The van der Waals surface area contributed by atoms with Gasteiger partial charge in [0.2, 0.25) is 0 Å². The average Bonchev–Trinajstić information content (AvgIpc) is 2.85. The van der Waals surface area contributed by atoms with Gasteiger partial charge in [0, 0.05) is 6.61 Å². The lowest BCUT2D eigenvalue weighted by molar-refractivity contribution is 0.111. The van der Waals surface area contributed by atoms with Crippen LogP contribution in [0.25, 0.3) is 0 Å². The van der Waals surface area contributed by atoms with Crippen LogP contribution in [0.2, 0.25) is 0 Å². The van der Waals surface area contributed by atoms with Crippen molar-refractivity contribution < 1.29 is 4.74 Å². The molecule has 1 fully saturated rings. The summed E-state index contributed by atoms with van der Waals surface area (Å²) in [5.41, 5.74) is 0.919. The van der Waals surface area contributed by atoms with Gasteiger partial charge in [-0.15, -0.1) is 11.3 Å². The Morgan fingerprint density at radius 2 is 2.57 bits per heavy atom. The summed E-state index contributed by atoms with van der Waals surface area (Å²) >= 11 is 1.48. The molecule has 1 aromatic heterocycles. The Hall–Kier alpha value is -0.920. The smallest absolute Gasteiger partial charge is 0.128 e. The van der Waals surface area contributed by atoms with E-state index in [9.17, 15) is 0 Å². The Balaban J connectivity index is 2.26. The minimum Gasteiger partial charge on any atom is -0.371 e. The van der Waals surface area contributed by atoms with Crippen LogP contribution in [-0.4, -0.2) is 11.6 Å². The minimum absolute atomic E-state index is 0.146. The summed E-state index contributed by atoms with van der Waals surface area (Å²) in [6, 6.07) is 2.19. The van der Waals surface area contributed by atoms with Gasteiger partial charge in [-0.3, -0.25) is 0 Å². The van der Waals surface area contributed by atoms with Gasteiger partial charge in [0.15, 0.2) is 0 Å². The summed E-state index contributed by atoms with van der Waals surface area (Å²) in [5, 5.41) is 9.87. The van der Waals surface area contributed by atoms with E-state index in [1.807, 2.05) is 6.92 Å². The largest absolute Gasteiger partial charge is 0.371 e. The average molecular weight is 208 g/mol. The molecule has 74 valence electrons. The van der Waals surface area contributed by atoms with Crippen molar-refractivity contribution in [1.82, 2.24) is 4.98 Å². The van der Waals surface area contributed by atoms with Crippen molar-refractivity contribution in [2.75, 3.05) is 6.61 Å². The Morgan fingerprint density at radius 1 is 1.71 bits per heavy atom. The fraction of sp³-hybridized carbons (Fsp3) is 0.600. The number of nitriles is 1. The van der Waals surface area contributed by atoms with E-state index >= 15 is 0 Å². The molecule has 0 radical (unpaired) electrons. The third-order valence-corrected chi connectivity index (χ3v) is 3.45. The summed E-state index contributed by atoms with van der Waals surface area (Å²) in [6.45, 7) is 2.85. The molecular formula is C10H12N2OS. The predicted molar refractivity (Wildman–Crippen MR) is 54.1 cm³/mol. The maximum Gasteiger partial charge on any atom is 0.128 e. The van der Waals surface area contributed by atoms with Gasteiger partial charge in [-0.2, -0.15) is 5.26 Å². The van der Waals surface area contributed by atoms with Crippen LogP contribution >= 0.6 is 11.3 Å². The van der Waals surface area contributed by atoms with Crippen LogP contribution in [0.4, 0.5) is 0 Å². The van der Waals surface area contributed by atoms with Crippen LogP contribution in [-0.2, 0) is 11.2 Å². The summed E-state index contributed by atoms with van der Waals surface area (Å²) in [7, 11) is 0. The molecule has 1 unspecified atom stereocenters. The first-order valence-electron chi connectivity index (χ1n) is 4.86. The number of thiazole rings is 1.